The molecule has 0 saturated heterocycles. The number of pyridine rings is 1. The minimum absolute atomic E-state index is 0.102. The van der Waals surface area contributed by atoms with E-state index in [2.05, 4.69) is 4.98 Å². The molecule has 0 aliphatic carbocycles. The molecule has 0 radical (unpaired) electrons. The fourth-order valence-electron chi connectivity index (χ4n) is 1.82. The molecular weight excluding hydrogens is 246 g/mol. The number of benzene rings is 1. The van der Waals surface area contributed by atoms with Crippen LogP contribution in [0.4, 0.5) is 0 Å². The van der Waals surface area contributed by atoms with Gasteiger partial charge in [-0.2, -0.15) is 0 Å². The summed E-state index contributed by atoms with van der Waals surface area (Å²) in [4.78, 5) is 15.7. The Morgan fingerprint density at radius 3 is 2.53 bits per heavy atom. The van der Waals surface area contributed by atoms with E-state index in [1.54, 1.807) is 12.1 Å². The van der Waals surface area contributed by atoms with Crippen molar-refractivity contribution in [2.24, 2.45) is 0 Å². The van der Waals surface area contributed by atoms with Gasteiger partial charge in [-0.3, -0.25) is 9.78 Å². The first-order valence-corrected chi connectivity index (χ1v) is 5.55. The minimum Gasteiger partial charge on any atom is -0.508 e. The van der Waals surface area contributed by atoms with Crippen LogP contribution in [0.25, 0.3) is 22.3 Å². The molecule has 2 N–H and O–H groups in total. The molecule has 0 aliphatic heterocycles. The van der Waals surface area contributed by atoms with Crippen LogP contribution >= 0.6 is 0 Å². The average molecular weight is 255 g/mol. The van der Waals surface area contributed by atoms with E-state index in [0.717, 1.165) is 0 Å². The third-order valence-electron chi connectivity index (χ3n) is 2.77. The van der Waals surface area contributed by atoms with Gasteiger partial charge < -0.3 is 14.6 Å². The molecule has 2 aromatic heterocycles. The van der Waals surface area contributed by atoms with Crippen molar-refractivity contribution in [3.05, 3.63) is 52.9 Å². The van der Waals surface area contributed by atoms with E-state index in [4.69, 9.17) is 4.42 Å². The highest BCUT2D eigenvalue weighted by molar-refractivity contribution is 5.82. The second-order valence-electron chi connectivity index (χ2n) is 4.06. The van der Waals surface area contributed by atoms with Gasteiger partial charge in [-0.15, -0.1) is 0 Å². The lowest BCUT2D eigenvalue weighted by Crippen LogP contribution is -2.00. The summed E-state index contributed by atoms with van der Waals surface area (Å²) in [5, 5.41) is 19.1. The van der Waals surface area contributed by atoms with E-state index in [9.17, 15) is 15.0 Å². The second kappa shape index (κ2) is 4.13. The van der Waals surface area contributed by atoms with Gasteiger partial charge in [0.05, 0.1) is 11.6 Å². The second-order valence-corrected chi connectivity index (χ2v) is 4.06. The zero-order valence-corrected chi connectivity index (χ0v) is 9.70. The van der Waals surface area contributed by atoms with Gasteiger partial charge in [-0.25, -0.2) is 0 Å². The SMILES string of the molecule is O=c1cc(-c2ccc(O)cc2)oc2c(O)cncc12. The predicted molar refractivity (Wildman–Crippen MR) is 69.0 cm³/mol. The van der Waals surface area contributed by atoms with Gasteiger partial charge in [-0.05, 0) is 24.3 Å². The van der Waals surface area contributed by atoms with Crippen molar-refractivity contribution in [1.82, 2.24) is 4.98 Å². The Balaban J connectivity index is 2.29. The van der Waals surface area contributed by atoms with Gasteiger partial charge in [-0.1, -0.05) is 0 Å². The normalized spacial score (nSPS) is 10.7. The van der Waals surface area contributed by atoms with Gasteiger partial charge in [0.25, 0.3) is 0 Å². The van der Waals surface area contributed by atoms with Crippen LogP contribution in [0.2, 0.25) is 0 Å². The zero-order valence-electron chi connectivity index (χ0n) is 9.70. The van der Waals surface area contributed by atoms with Crippen LogP contribution in [0.15, 0.2) is 51.9 Å². The molecular formula is C14H9NO4. The van der Waals surface area contributed by atoms with Crippen LogP contribution in [0, 0.1) is 0 Å². The highest BCUT2D eigenvalue weighted by Crippen LogP contribution is 2.27. The lowest BCUT2D eigenvalue weighted by atomic mass is 10.1. The van der Waals surface area contributed by atoms with Crippen molar-refractivity contribution in [1.29, 1.82) is 0 Å². The monoisotopic (exact) mass is 255 g/mol. The first-order valence-electron chi connectivity index (χ1n) is 5.55. The van der Waals surface area contributed by atoms with Crippen molar-refractivity contribution in [3.63, 3.8) is 0 Å². The highest BCUT2D eigenvalue weighted by Gasteiger charge is 2.10. The average Bonchev–Trinajstić information content (AvgIpc) is 2.41. The van der Waals surface area contributed by atoms with Crippen LogP contribution in [0.3, 0.4) is 0 Å². The van der Waals surface area contributed by atoms with Crippen molar-refractivity contribution in [3.8, 4) is 22.8 Å². The summed E-state index contributed by atoms with van der Waals surface area (Å²) in [7, 11) is 0. The molecule has 3 rings (SSSR count). The Labute approximate surface area is 107 Å². The van der Waals surface area contributed by atoms with Gasteiger partial charge in [0, 0.05) is 17.8 Å². The number of phenols is 1. The number of aromatic hydroxyl groups is 2. The topological polar surface area (TPSA) is 83.6 Å². The third-order valence-corrected chi connectivity index (χ3v) is 2.77. The van der Waals surface area contributed by atoms with Crippen LogP contribution in [0.5, 0.6) is 11.5 Å². The van der Waals surface area contributed by atoms with Gasteiger partial charge >= 0.3 is 0 Å². The van der Waals surface area contributed by atoms with Gasteiger partial charge in [0.15, 0.2) is 16.8 Å². The zero-order chi connectivity index (χ0) is 13.4. The summed E-state index contributed by atoms with van der Waals surface area (Å²) in [6.07, 6.45) is 2.56. The third kappa shape index (κ3) is 1.91. The molecule has 0 bridgehead atoms. The molecule has 94 valence electrons. The number of hydrogen-bond acceptors (Lipinski definition) is 5. The molecule has 0 aliphatic rings. The molecule has 0 atom stereocenters. The number of rotatable bonds is 1. The lowest BCUT2D eigenvalue weighted by molar-refractivity contribution is 0.462. The van der Waals surface area contributed by atoms with Crippen LogP contribution in [-0.2, 0) is 0 Å². The van der Waals surface area contributed by atoms with Crippen LogP contribution in [0.1, 0.15) is 0 Å². The van der Waals surface area contributed by atoms with Gasteiger partial charge in [0.2, 0.25) is 0 Å². The molecule has 1 aromatic carbocycles. The number of fused-ring (bicyclic) bond motifs is 1. The van der Waals surface area contributed by atoms with Crippen molar-refractivity contribution in [2.75, 3.05) is 0 Å². The van der Waals surface area contributed by atoms with E-state index in [1.165, 1.54) is 30.6 Å². The van der Waals surface area contributed by atoms with Crippen molar-refractivity contribution in [2.45, 2.75) is 0 Å². The first kappa shape index (κ1) is 11.3. The van der Waals surface area contributed by atoms with Crippen molar-refractivity contribution < 1.29 is 14.6 Å². The number of hydrogen-bond donors (Lipinski definition) is 2. The Morgan fingerprint density at radius 1 is 1.05 bits per heavy atom. The molecule has 5 heteroatoms. The Morgan fingerprint density at radius 2 is 1.79 bits per heavy atom. The molecule has 0 spiro atoms. The first-order chi connectivity index (χ1) is 9.15. The molecule has 0 unspecified atom stereocenters. The predicted octanol–water partition coefficient (Wildman–Crippen LogP) is 2.27. The van der Waals surface area contributed by atoms with Crippen molar-refractivity contribution >= 4 is 11.0 Å². The molecule has 19 heavy (non-hydrogen) atoms. The molecule has 5 nitrogen and oxygen atoms in total. The number of nitrogens with zero attached hydrogens (tertiary/aromatic N) is 1. The summed E-state index contributed by atoms with van der Waals surface area (Å²) in [5.74, 6) is 0.258. The molecule has 3 aromatic rings. The van der Waals surface area contributed by atoms with Crippen LogP contribution < -0.4 is 5.43 Å². The summed E-state index contributed by atoms with van der Waals surface area (Å²) in [5.41, 5.74) is 0.450. The smallest absolute Gasteiger partial charge is 0.195 e. The largest absolute Gasteiger partial charge is 0.508 e. The Bertz CT molecular complexity index is 806. The van der Waals surface area contributed by atoms with E-state index in [-0.39, 0.29) is 27.9 Å². The van der Waals surface area contributed by atoms with Gasteiger partial charge in [0.1, 0.15) is 11.5 Å². The molecule has 0 saturated carbocycles. The maximum absolute atomic E-state index is 11.9. The summed E-state index contributed by atoms with van der Waals surface area (Å²) in [6.45, 7) is 0. The molecule has 2 heterocycles. The van der Waals surface area contributed by atoms with E-state index in [0.29, 0.717) is 11.3 Å². The number of phenolic OH excluding ortho intramolecular Hbond substituents is 1. The summed E-state index contributed by atoms with van der Waals surface area (Å²) >= 11 is 0. The van der Waals surface area contributed by atoms with E-state index >= 15 is 0 Å². The fourth-order valence-corrected chi connectivity index (χ4v) is 1.82. The lowest BCUT2D eigenvalue weighted by Gasteiger charge is -2.04. The number of aromatic nitrogens is 1. The Hall–Kier alpha value is -2.82. The maximum Gasteiger partial charge on any atom is 0.195 e. The van der Waals surface area contributed by atoms with Crippen LogP contribution in [-0.4, -0.2) is 15.2 Å². The molecule has 0 fully saturated rings. The molecule has 0 amide bonds. The van der Waals surface area contributed by atoms with E-state index < -0.39 is 0 Å². The maximum atomic E-state index is 11.9. The fraction of sp³-hybridized carbons (Fsp3) is 0. The standard InChI is InChI=1S/C14H9NO4/c16-9-3-1-8(2-4-9)13-5-11(17)10-6-15-7-12(18)14(10)19-13/h1-7,16,18H. The minimum atomic E-state index is -0.285. The summed E-state index contributed by atoms with van der Waals surface area (Å²) in [6, 6.07) is 7.56. The van der Waals surface area contributed by atoms with E-state index in [1.807, 2.05) is 0 Å². The highest BCUT2D eigenvalue weighted by atomic mass is 16.4. The Kier molecular flexibility index (Phi) is 2.45. The quantitative estimate of drug-likeness (QED) is 0.696. The summed E-state index contributed by atoms with van der Waals surface area (Å²) < 4.78 is 5.53.